The SMILES string of the molecule is COC(=O)CNCC1(COCc2ccccc2)CCCN1C(=O)OC(C)(C)C. The second-order valence-corrected chi connectivity index (χ2v) is 8.12. The Morgan fingerprint density at radius 1 is 1.21 bits per heavy atom. The van der Waals surface area contributed by atoms with Crippen LogP contribution in [0.2, 0.25) is 0 Å². The number of carbonyl (C=O) groups is 2. The highest BCUT2D eigenvalue weighted by molar-refractivity contribution is 5.71. The van der Waals surface area contributed by atoms with E-state index in [0.29, 0.717) is 26.3 Å². The molecule has 1 aromatic carbocycles. The maximum atomic E-state index is 12.8. The molecule has 1 saturated heterocycles. The number of esters is 1. The van der Waals surface area contributed by atoms with Crippen molar-refractivity contribution in [2.45, 2.75) is 51.4 Å². The molecule has 28 heavy (non-hydrogen) atoms. The summed E-state index contributed by atoms with van der Waals surface area (Å²) in [5, 5.41) is 3.11. The molecule has 1 N–H and O–H groups in total. The fourth-order valence-corrected chi connectivity index (χ4v) is 3.33. The largest absolute Gasteiger partial charge is 0.468 e. The van der Waals surface area contributed by atoms with Gasteiger partial charge in [-0.3, -0.25) is 9.69 Å². The number of nitrogens with zero attached hydrogens (tertiary/aromatic N) is 1. The van der Waals surface area contributed by atoms with Gasteiger partial charge in [-0.25, -0.2) is 4.79 Å². The van der Waals surface area contributed by atoms with E-state index in [4.69, 9.17) is 9.47 Å². The van der Waals surface area contributed by atoms with Crippen molar-refractivity contribution in [1.82, 2.24) is 10.2 Å². The van der Waals surface area contributed by atoms with Crippen molar-refractivity contribution in [2.75, 3.05) is 33.4 Å². The predicted octanol–water partition coefficient (Wildman–Crippen LogP) is 2.74. The van der Waals surface area contributed by atoms with Crippen LogP contribution in [0, 0.1) is 0 Å². The average Bonchev–Trinajstić information content (AvgIpc) is 3.05. The Bertz CT molecular complexity index is 644. The topological polar surface area (TPSA) is 77.1 Å². The quantitative estimate of drug-likeness (QED) is 0.686. The van der Waals surface area contributed by atoms with Crippen LogP contribution in [0.5, 0.6) is 0 Å². The Hall–Kier alpha value is -2.12. The van der Waals surface area contributed by atoms with E-state index in [1.54, 1.807) is 4.90 Å². The van der Waals surface area contributed by atoms with Crippen LogP contribution in [0.3, 0.4) is 0 Å². The van der Waals surface area contributed by atoms with Gasteiger partial charge < -0.3 is 19.5 Å². The van der Waals surface area contributed by atoms with E-state index in [1.807, 2.05) is 51.1 Å². The summed E-state index contributed by atoms with van der Waals surface area (Å²) in [4.78, 5) is 26.0. The number of hydrogen-bond acceptors (Lipinski definition) is 6. The maximum Gasteiger partial charge on any atom is 0.410 e. The third-order valence-electron chi connectivity index (χ3n) is 4.64. The molecule has 7 nitrogen and oxygen atoms in total. The molecule has 0 radical (unpaired) electrons. The summed E-state index contributed by atoms with van der Waals surface area (Å²) in [7, 11) is 1.35. The van der Waals surface area contributed by atoms with E-state index in [-0.39, 0.29) is 18.6 Å². The van der Waals surface area contributed by atoms with Crippen LogP contribution >= 0.6 is 0 Å². The van der Waals surface area contributed by atoms with E-state index in [2.05, 4.69) is 10.1 Å². The molecule has 156 valence electrons. The molecule has 0 aliphatic carbocycles. The molecule has 1 fully saturated rings. The lowest BCUT2D eigenvalue weighted by Crippen LogP contribution is -2.57. The Labute approximate surface area is 167 Å². The summed E-state index contributed by atoms with van der Waals surface area (Å²) in [6.07, 6.45) is 1.27. The lowest BCUT2D eigenvalue weighted by atomic mass is 9.97. The summed E-state index contributed by atoms with van der Waals surface area (Å²) >= 11 is 0. The third kappa shape index (κ3) is 6.49. The minimum Gasteiger partial charge on any atom is -0.468 e. The van der Waals surface area contributed by atoms with Crippen LogP contribution in [0.25, 0.3) is 0 Å². The van der Waals surface area contributed by atoms with Crippen molar-refractivity contribution >= 4 is 12.1 Å². The van der Waals surface area contributed by atoms with Gasteiger partial charge in [0.05, 0.1) is 32.4 Å². The molecular formula is C21H32N2O5. The smallest absolute Gasteiger partial charge is 0.410 e. The maximum absolute atomic E-state index is 12.8. The second kappa shape index (κ2) is 9.89. The number of carbonyl (C=O) groups excluding carboxylic acids is 2. The second-order valence-electron chi connectivity index (χ2n) is 8.12. The van der Waals surface area contributed by atoms with Crippen LogP contribution in [0.1, 0.15) is 39.2 Å². The minimum absolute atomic E-state index is 0.0824. The molecule has 1 amide bonds. The Morgan fingerprint density at radius 3 is 2.57 bits per heavy atom. The average molecular weight is 392 g/mol. The van der Waals surface area contributed by atoms with Gasteiger partial charge in [0.25, 0.3) is 0 Å². The van der Waals surface area contributed by atoms with E-state index in [0.717, 1.165) is 18.4 Å². The van der Waals surface area contributed by atoms with Gasteiger partial charge in [-0.15, -0.1) is 0 Å². The first-order chi connectivity index (χ1) is 13.3. The fraction of sp³-hybridized carbons (Fsp3) is 0.619. The van der Waals surface area contributed by atoms with Crippen molar-refractivity contribution < 1.29 is 23.8 Å². The number of methoxy groups -OCH3 is 1. The van der Waals surface area contributed by atoms with Crippen LogP contribution < -0.4 is 5.32 Å². The molecular weight excluding hydrogens is 360 g/mol. The first-order valence-corrected chi connectivity index (χ1v) is 9.66. The molecule has 7 heteroatoms. The standard InChI is InChI=1S/C21H32N2O5/c1-20(2,3)28-19(25)23-12-8-11-21(23,15-22-13-18(24)26-4)16-27-14-17-9-6-5-7-10-17/h5-7,9-10,22H,8,11-16H2,1-4H3. The van der Waals surface area contributed by atoms with Gasteiger partial charge in [0, 0.05) is 13.1 Å². The molecule has 0 saturated carbocycles. The third-order valence-corrected chi connectivity index (χ3v) is 4.64. The van der Waals surface area contributed by atoms with Gasteiger partial charge in [0.15, 0.2) is 0 Å². The Morgan fingerprint density at radius 2 is 1.93 bits per heavy atom. The van der Waals surface area contributed by atoms with E-state index >= 15 is 0 Å². The molecule has 0 spiro atoms. The highest BCUT2D eigenvalue weighted by atomic mass is 16.6. The number of amides is 1. The predicted molar refractivity (Wildman–Crippen MR) is 106 cm³/mol. The summed E-state index contributed by atoms with van der Waals surface area (Å²) in [5.41, 5.74) is -0.0667. The molecule has 1 atom stereocenters. The van der Waals surface area contributed by atoms with Crippen LogP contribution in [-0.4, -0.2) is 61.5 Å². The zero-order chi connectivity index (χ0) is 20.6. The highest BCUT2D eigenvalue weighted by Crippen LogP contribution is 2.31. The van der Waals surface area contributed by atoms with Crippen molar-refractivity contribution in [3.63, 3.8) is 0 Å². The fourth-order valence-electron chi connectivity index (χ4n) is 3.33. The van der Waals surface area contributed by atoms with Gasteiger partial charge in [-0.2, -0.15) is 0 Å². The molecule has 1 heterocycles. The minimum atomic E-state index is -0.574. The highest BCUT2D eigenvalue weighted by Gasteiger charge is 2.45. The number of likely N-dealkylation sites (tertiary alicyclic amines) is 1. The summed E-state index contributed by atoms with van der Waals surface area (Å²) < 4.78 is 16.3. The monoisotopic (exact) mass is 392 g/mol. The van der Waals surface area contributed by atoms with Crippen molar-refractivity contribution in [3.05, 3.63) is 35.9 Å². The lowest BCUT2D eigenvalue weighted by molar-refractivity contribution is -0.139. The van der Waals surface area contributed by atoms with Gasteiger partial charge >= 0.3 is 12.1 Å². The molecule has 1 aromatic rings. The molecule has 0 bridgehead atoms. The molecule has 2 rings (SSSR count). The van der Waals surface area contributed by atoms with Crippen LogP contribution in [0.15, 0.2) is 30.3 Å². The number of hydrogen-bond donors (Lipinski definition) is 1. The Balaban J connectivity index is 2.07. The van der Waals surface area contributed by atoms with Crippen molar-refractivity contribution in [2.24, 2.45) is 0 Å². The van der Waals surface area contributed by atoms with Crippen LogP contribution in [-0.2, 0) is 25.6 Å². The number of rotatable bonds is 8. The normalized spacial score (nSPS) is 19.5. The van der Waals surface area contributed by atoms with Gasteiger partial charge in [-0.05, 0) is 39.2 Å². The zero-order valence-corrected chi connectivity index (χ0v) is 17.3. The lowest BCUT2D eigenvalue weighted by Gasteiger charge is -2.39. The van der Waals surface area contributed by atoms with Crippen molar-refractivity contribution in [3.8, 4) is 0 Å². The number of benzene rings is 1. The Kier molecular flexibility index (Phi) is 7.83. The summed E-state index contributed by atoms with van der Waals surface area (Å²) in [5.74, 6) is -0.345. The van der Waals surface area contributed by atoms with Gasteiger partial charge in [0.2, 0.25) is 0 Å². The number of ether oxygens (including phenoxy) is 3. The van der Waals surface area contributed by atoms with Gasteiger partial charge in [-0.1, -0.05) is 30.3 Å². The van der Waals surface area contributed by atoms with Crippen LogP contribution in [0.4, 0.5) is 4.79 Å². The van der Waals surface area contributed by atoms with Crippen molar-refractivity contribution in [1.29, 1.82) is 0 Å². The molecule has 1 unspecified atom stereocenters. The number of nitrogens with one attached hydrogen (secondary N) is 1. The van der Waals surface area contributed by atoms with Gasteiger partial charge in [0.1, 0.15) is 5.60 Å². The first kappa shape index (κ1) is 22.2. The molecule has 1 aliphatic heterocycles. The van der Waals surface area contributed by atoms with E-state index < -0.39 is 11.1 Å². The summed E-state index contributed by atoms with van der Waals surface area (Å²) in [6.45, 7) is 7.48. The van der Waals surface area contributed by atoms with E-state index in [1.165, 1.54) is 7.11 Å². The first-order valence-electron chi connectivity index (χ1n) is 9.66. The van der Waals surface area contributed by atoms with E-state index in [9.17, 15) is 9.59 Å². The zero-order valence-electron chi connectivity index (χ0n) is 17.3. The summed E-state index contributed by atoms with van der Waals surface area (Å²) in [6, 6.07) is 9.90. The molecule has 0 aromatic heterocycles. The molecule has 1 aliphatic rings.